The average Bonchev–Trinajstić information content (AvgIpc) is 2.46. The number of benzene rings is 1. The summed E-state index contributed by atoms with van der Waals surface area (Å²) in [6.45, 7) is 0.354. The van der Waals surface area contributed by atoms with Crippen LogP contribution in [0, 0.1) is 5.82 Å². The molecule has 0 aliphatic heterocycles. The Morgan fingerprint density at radius 2 is 1.95 bits per heavy atom. The van der Waals surface area contributed by atoms with Crippen molar-refractivity contribution in [3.63, 3.8) is 0 Å². The highest BCUT2D eigenvalue weighted by atomic mass is 19.1. The van der Waals surface area contributed by atoms with Crippen LogP contribution in [0.3, 0.4) is 0 Å². The summed E-state index contributed by atoms with van der Waals surface area (Å²) in [5, 5.41) is 5.63. The number of carbonyl (C=O) groups is 1. The van der Waals surface area contributed by atoms with Gasteiger partial charge in [-0.1, -0.05) is 12.1 Å². The predicted molar refractivity (Wildman–Crippen MR) is 71.4 cm³/mol. The molecule has 0 spiro atoms. The van der Waals surface area contributed by atoms with Gasteiger partial charge < -0.3 is 10.6 Å². The van der Waals surface area contributed by atoms with E-state index in [4.69, 9.17) is 0 Å². The zero-order valence-electron chi connectivity index (χ0n) is 10.5. The molecule has 0 bridgehead atoms. The smallest absolute Gasteiger partial charge is 0.253 e. The van der Waals surface area contributed by atoms with Crippen molar-refractivity contribution in [2.75, 3.05) is 12.4 Å². The van der Waals surface area contributed by atoms with Crippen molar-refractivity contribution in [3.8, 4) is 0 Å². The van der Waals surface area contributed by atoms with Crippen LogP contribution in [-0.2, 0) is 6.54 Å². The van der Waals surface area contributed by atoms with E-state index in [2.05, 4.69) is 15.6 Å². The highest BCUT2D eigenvalue weighted by Crippen LogP contribution is 2.05. The maximum atomic E-state index is 12.7. The fourth-order valence-electron chi connectivity index (χ4n) is 1.56. The highest BCUT2D eigenvalue weighted by Gasteiger charge is 2.05. The minimum Gasteiger partial charge on any atom is -0.373 e. The number of rotatable bonds is 4. The van der Waals surface area contributed by atoms with Crippen molar-refractivity contribution >= 4 is 11.7 Å². The van der Waals surface area contributed by atoms with Crippen molar-refractivity contribution in [3.05, 3.63) is 59.5 Å². The van der Waals surface area contributed by atoms with Gasteiger partial charge in [0.1, 0.15) is 11.6 Å². The third kappa shape index (κ3) is 3.51. The van der Waals surface area contributed by atoms with E-state index in [0.717, 1.165) is 5.56 Å². The number of pyridine rings is 1. The first kappa shape index (κ1) is 13.0. The molecule has 0 saturated heterocycles. The van der Waals surface area contributed by atoms with Gasteiger partial charge in [0.15, 0.2) is 0 Å². The van der Waals surface area contributed by atoms with Gasteiger partial charge in [0.05, 0.1) is 5.56 Å². The fraction of sp³-hybridized carbons (Fsp3) is 0.143. The fourth-order valence-corrected chi connectivity index (χ4v) is 1.56. The van der Waals surface area contributed by atoms with Crippen LogP contribution >= 0.6 is 0 Å². The molecule has 0 aliphatic carbocycles. The third-order valence-corrected chi connectivity index (χ3v) is 2.65. The van der Waals surface area contributed by atoms with Gasteiger partial charge in [-0.05, 0) is 29.8 Å². The first-order chi connectivity index (χ1) is 9.19. The van der Waals surface area contributed by atoms with Crippen molar-refractivity contribution in [1.82, 2.24) is 10.3 Å². The number of anilines is 1. The second-order valence-electron chi connectivity index (χ2n) is 3.99. The molecule has 0 aliphatic rings. The highest BCUT2D eigenvalue weighted by molar-refractivity contribution is 5.93. The Balaban J connectivity index is 1.95. The Labute approximate surface area is 110 Å². The predicted octanol–water partition coefficient (Wildman–Crippen LogP) is 2.19. The molecule has 19 heavy (non-hydrogen) atoms. The molecule has 4 nitrogen and oxygen atoms in total. The number of hydrogen-bond donors (Lipinski definition) is 2. The lowest BCUT2D eigenvalue weighted by molar-refractivity contribution is 0.0950. The molecule has 1 aromatic carbocycles. The minimum atomic E-state index is -0.290. The number of hydrogen-bond acceptors (Lipinski definition) is 3. The standard InChI is InChI=1S/C14H14FN3O/c1-16-13-7-4-11(9-17-13)14(19)18-8-10-2-5-12(15)6-3-10/h2-7,9H,8H2,1H3,(H,16,17)(H,18,19). The van der Waals surface area contributed by atoms with Crippen molar-refractivity contribution in [1.29, 1.82) is 0 Å². The van der Waals surface area contributed by atoms with Crippen LogP contribution in [0.4, 0.5) is 10.2 Å². The number of halogens is 1. The van der Waals surface area contributed by atoms with Crippen LogP contribution in [0.5, 0.6) is 0 Å². The van der Waals surface area contributed by atoms with Gasteiger partial charge in [-0.15, -0.1) is 0 Å². The molecule has 0 atom stereocenters. The Morgan fingerprint density at radius 3 is 2.53 bits per heavy atom. The molecular formula is C14H14FN3O. The van der Waals surface area contributed by atoms with Gasteiger partial charge in [0.2, 0.25) is 0 Å². The number of nitrogens with zero attached hydrogens (tertiary/aromatic N) is 1. The molecule has 5 heteroatoms. The number of aromatic nitrogens is 1. The summed E-state index contributed by atoms with van der Waals surface area (Å²) in [6, 6.07) is 9.43. The van der Waals surface area contributed by atoms with E-state index in [0.29, 0.717) is 17.9 Å². The topological polar surface area (TPSA) is 54.0 Å². The van der Waals surface area contributed by atoms with Crippen LogP contribution < -0.4 is 10.6 Å². The van der Waals surface area contributed by atoms with E-state index in [9.17, 15) is 9.18 Å². The average molecular weight is 259 g/mol. The van der Waals surface area contributed by atoms with E-state index in [1.54, 1.807) is 31.3 Å². The molecule has 0 radical (unpaired) electrons. The van der Waals surface area contributed by atoms with Crippen LogP contribution in [-0.4, -0.2) is 17.9 Å². The van der Waals surface area contributed by atoms with Gasteiger partial charge in [-0.25, -0.2) is 9.37 Å². The van der Waals surface area contributed by atoms with Gasteiger partial charge in [0.25, 0.3) is 5.91 Å². The molecule has 1 aromatic heterocycles. The first-order valence-electron chi connectivity index (χ1n) is 5.85. The van der Waals surface area contributed by atoms with Gasteiger partial charge >= 0.3 is 0 Å². The summed E-state index contributed by atoms with van der Waals surface area (Å²) < 4.78 is 12.7. The van der Waals surface area contributed by atoms with Gasteiger partial charge in [0, 0.05) is 19.8 Å². The lowest BCUT2D eigenvalue weighted by Gasteiger charge is -2.06. The maximum Gasteiger partial charge on any atom is 0.253 e. The largest absolute Gasteiger partial charge is 0.373 e. The van der Waals surface area contributed by atoms with Gasteiger partial charge in [-0.2, -0.15) is 0 Å². The zero-order chi connectivity index (χ0) is 13.7. The summed E-state index contributed by atoms with van der Waals surface area (Å²) in [7, 11) is 1.76. The number of amides is 1. The molecular weight excluding hydrogens is 245 g/mol. The summed E-state index contributed by atoms with van der Waals surface area (Å²) in [5.74, 6) is 0.205. The molecule has 2 N–H and O–H groups in total. The van der Waals surface area contributed by atoms with Gasteiger partial charge in [-0.3, -0.25) is 4.79 Å². The molecule has 0 fully saturated rings. The number of nitrogens with one attached hydrogen (secondary N) is 2. The molecule has 1 heterocycles. The molecule has 2 rings (SSSR count). The lowest BCUT2D eigenvalue weighted by Crippen LogP contribution is -2.22. The SMILES string of the molecule is CNc1ccc(C(=O)NCc2ccc(F)cc2)cn1. The summed E-state index contributed by atoms with van der Waals surface area (Å²) >= 11 is 0. The maximum absolute atomic E-state index is 12.7. The van der Waals surface area contributed by atoms with E-state index in [1.165, 1.54) is 18.3 Å². The van der Waals surface area contributed by atoms with Crippen molar-refractivity contribution in [2.24, 2.45) is 0 Å². The quantitative estimate of drug-likeness (QED) is 0.885. The van der Waals surface area contributed by atoms with Crippen LogP contribution in [0.1, 0.15) is 15.9 Å². The zero-order valence-corrected chi connectivity index (χ0v) is 10.5. The third-order valence-electron chi connectivity index (χ3n) is 2.65. The van der Waals surface area contributed by atoms with Crippen LogP contribution in [0.25, 0.3) is 0 Å². The van der Waals surface area contributed by atoms with Crippen molar-refractivity contribution in [2.45, 2.75) is 6.54 Å². The Bertz CT molecular complexity index is 552. The summed E-state index contributed by atoms with van der Waals surface area (Å²) in [4.78, 5) is 15.9. The normalized spacial score (nSPS) is 10.0. The molecule has 0 unspecified atom stereocenters. The summed E-state index contributed by atoms with van der Waals surface area (Å²) in [6.07, 6.45) is 1.51. The summed E-state index contributed by atoms with van der Waals surface area (Å²) in [5.41, 5.74) is 1.33. The lowest BCUT2D eigenvalue weighted by atomic mass is 10.2. The van der Waals surface area contributed by atoms with E-state index < -0.39 is 0 Å². The second kappa shape index (κ2) is 5.95. The number of carbonyl (C=O) groups excluding carboxylic acids is 1. The van der Waals surface area contributed by atoms with Crippen molar-refractivity contribution < 1.29 is 9.18 Å². The molecule has 1 amide bonds. The second-order valence-corrected chi connectivity index (χ2v) is 3.99. The van der Waals surface area contributed by atoms with E-state index >= 15 is 0 Å². The van der Waals surface area contributed by atoms with Crippen LogP contribution in [0.15, 0.2) is 42.6 Å². The minimum absolute atomic E-state index is 0.209. The Kier molecular flexibility index (Phi) is 4.07. The van der Waals surface area contributed by atoms with Crippen LogP contribution in [0.2, 0.25) is 0 Å². The molecule has 0 saturated carbocycles. The monoisotopic (exact) mass is 259 g/mol. The molecule has 2 aromatic rings. The Hall–Kier alpha value is -2.43. The Morgan fingerprint density at radius 1 is 1.21 bits per heavy atom. The van der Waals surface area contributed by atoms with E-state index in [1.807, 2.05) is 0 Å². The molecule has 98 valence electrons. The van der Waals surface area contributed by atoms with E-state index in [-0.39, 0.29) is 11.7 Å². The first-order valence-corrected chi connectivity index (χ1v) is 5.85.